The molecule has 130 valence electrons. The fraction of sp³-hybridized carbons (Fsp3) is 0.421. The predicted molar refractivity (Wildman–Crippen MR) is 102 cm³/mol. The molecule has 0 bridgehead atoms. The quantitative estimate of drug-likeness (QED) is 0.649. The molecule has 1 unspecified atom stereocenters. The Morgan fingerprint density at radius 1 is 1.38 bits per heavy atom. The molecule has 0 radical (unpaired) electrons. The van der Waals surface area contributed by atoms with Crippen molar-refractivity contribution in [3.05, 3.63) is 53.9 Å². The van der Waals surface area contributed by atoms with Crippen LogP contribution in [0.2, 0.25) is 0 Å². The lowest BCUT2D eigenvalue weighted by Gasteiger charge is -2.21. The second-order valence-corrected chi connectivity index (χ2v) is 6.54. The first-order valence-electron chi connectivity index (χ1n) is 8.50. The van der Waals surface area contributed by atoms with Gasteiger partial charge >= 0.3 is 0 Å². The topological polar surface area (TPSA) is 67.9 Å². The summed E-state index contributed by atoms with van der Waals surface area (Å²) in [5, 5.41) is 10.9. The predicted octanol–water partition coefficient (Wildman–Crippen LogP) is 3.48. The molecule has 1 aromatic carbocycles. The highest BCUT2D eigenvalue weighted by atomic mass is 15.5. The van der Waals surface area contributed by atoms with Crippen LogP contribution in [0.3, 0.4) is 0 Å². The van der Waals surface area contributed by atoms with E-state index in [-0.39, 0.29) is 0 Å². The van der Waals surface area contributed by atoms with Crippen LogP contribution in [0.5, 0.6) is 0 Å². The molecule has 0 amide bonds. The van der Waals surface area contributed by atoms with Crippen LogP contribution in [0.4, 0.5) is 5.69 Å². The number of benzene rings is 1. The molecule has 4 N–H and O–H groups in total. The maximum atomic E-state index is 5.58. The summed E-state index contributed by atoms with van der Waals surface area (Å²) in [6.07, 6.45) is 4.47. The van der Waals surface area contributed by atoms with Crippen molar-refractivity contribution < 1.29 is 0 Å². The Morgan fingerprint density at radius 3 is 2.71 bits per heavy atom. The summed E-state index contributed by atoms with van der Waals surface area (Å²) in [7, 11) is 0. The first kappa shape index (κ1) is 17.9. The minimum Gasteiger partial charge on any atom is -0.383 e. The Kier molecular flexibility index (Phi) is 5.90. The normalized spacial score (nSPS) is 12.2. The number of aryl methyl sites for hydroxylation is 1. The van der Waals surface area contributed by atoms with Gasteiger partial charge in [0, 0.05) is 29.5 Å². The number of hydrogen-bond acceptors (Lipinski definition) is 4. The maximum Gasteiger partial charge on any atom is 0.0603 e. The van der Waals surface area contributed by atoms with Crippen LogP contribution in [-0.4, -0.2) is 22.5 Å². The van der Waals surface area contributed by atoms with Crippen molar-refractivity contribution in [2.45, 2.75) is 46.1 Å². The summed E-state index contributed by atoms with van der Waals surface area (Å²) in [6.45, 7) is 13.6. The minimum absolute atomic E-state index is 0.317. The zero-order valence-corrected chi connectivity index (χ0v) is 15.1. The van der Waals surface area contributed by atoms with Gasteiger partial charge in [0.15, 0.2) is 0 Å². The van der Waals surface area contributed by atoms with Gasteiger partial charge in [-0.2, -0.15) is 9.89 Å². The van der Waals surface area contributed by atoms with Gasteiger partial charge in [0.2, 0.25) is 0 Å². The molecule has 0 spiro atoms. The number of nitrogens with one attached hydrogen (secondary N) is 2. The molecule has 5 nitrogen and oxygen atoms in total. The lowest BCUT2D eigenvalue weighted by atomic mass is 9.97. The van der Waals surface area contributed by atoms with Crippen LogP contribution < -0.4 is 16.5 Å². The number of aromatic nitrogens is 2. The highest BCUT2D eigenvalue weighted by Crippen LogP contribution is 2.23. The molecule has 0 aliphatic rings. The third-order valence-corrected chi connectivity index (χ3v) is 4.28. The van der Waals surface area contributed by atoms with Gasteiger partial charge in [0.25, 0.3) is 0 Å². The number of nitrogens with zero attached hydrogens (tertiary/aromatic N) is 2. The van der Waals surface area contributed by atoms with Crippen molar-refractivity contribution in [3.63, 3.8) is 0 Å². The van der Waals surface area contributed by atoms with E-state index in [4.69, 9.17) is 5.84 Å². The molecule has 0 saturated heterocycles. The molecule has 1 heterocycles. The lowest BCUT2D eigenvalue weighted by Crippen LogP contribution is -2.31. The van der Waals surface area contributed by atoms with Crippen LogP contribution in [0.1, 0.15) is 49.8 Å². The van der Waals surface area contributed by atoms with Gasteiger partial charge in [0.1, 0.15) is 0 Å². The molecule has 1 aromatic heterocycles. The molecule has 1 atom stereocenters. The van der Waals surface area contributed by atoms with Crippen molar-refractivity contribution in [1.82, 2.24) is 15.2 Å². The average Bonchev–Trinajstić information content (AvgIpc) is 2.99. The molecule has 0 fully saturated rings. The van der Waals surface area contributed by atoms with Gasteiger partial charge in [-0.3, -0.25) is 0 Å². The zero-order chi connectivity index (χ0) is 17.7. The van der Waals surface area contributed by atoms with E-state index in [1.54, 1.807) is 12.4 Å². The molecule has 2 rings (SSSR count). The molecule has 0 aliphatic carbocycles. The SMILES string of the molecule is C=C(NCC(CC)Nc1ccc(C)c(C(C)C)c1)c1cnn(N)c1. The van der Waals surface area contributed by atoms with E-state index in [0.717, 1.165) is 24.2 Å². The van der Waals surface area contributed by atoms with Gasteiger partial charge in [0.05, 0.1) is 12.4 Å². The Labute approximate surface area is 144 Å². The highest BCUT2D eigenvalue weighted by Gasteiger charge is 2.10. The van der Waals surface area contributed by atoms with E-state index in [2.05, 4.69) is 68.2 Å². The number of hydrogen-bond donors (Lipinski definition) is 3. The van der Waals surface area contributed by atoms with Crippen LogP contribution >= 0.6 is 0 Å². The van der Waals surface area contributed by atoms with E-state index < -0.39 is 0 Å². The fourth-order valence-electron chi connectivity index (χ4n) is 2.73. The summed E-state index contributed by atoms with van der Waals surface area (Å²) in [6, 6.07) is 6.91. The van der Waals surface area contributed by atoms with E-state index in [9.17, 15) is 0 Å². The Hall–Kier alpha value is -2.43. The number of rotatable bonds is 8. The van der Waals surface area contributed by atoms with E-state index in [1.165, 1.54) is 21.6 Å². The van der Waals surface area contributed by atoms with Crippen molar-refractivity contribution in [2.75, 3.05) is 17.7 Å². The Morgan fingerprint density at radius 2 is 2.12 bits per heavy atom. The molecule has 0 aliphatic heterocycles. The standard InChI is InChI=1S/C19H29N5/c1-6-17(11-21-15(5)16-10-22-24(20)12-16)23-18-8-7-14(4)19(9-18)13(2)3/h7-10,12-13,17,21,23H,5-6,11,20H2,1-4H3. The van der Waals surface area contributed by atoms with Gasteiger partial charge in [-0.1, -0.05) is 33.4 Å². The third-order valence-electron chi connectivity index (χ3n) is 4.28. The average molecular weight is 327 g/mol. The molecule has 2 aromatic rings. The van der Waals surface area contributed by atoms with Gasteiger partial charge < -0.3 is 16.5 Å². The monoisotopic (exact) mass is 327 g/mol. The lowest BCUT2D eigenvalue weighted by molar-refractivity contribution is 0.660. The molecule has 5 heteroatoms. The Bertz CT molecular complexity index is 687. The number of anilines is 1. The van der Waals surface area contributed by atoms with Crippen molar-refractivity contribution in [3.8, 4) is 0 Å². The summed E-state index contributed by atoms with van der Waals surface area (Å²) >= 11 is 0. The van der Waals surface area contributed by atoms with Gasteiger partial charge in [-0.15, -0.1) is 0 Å². The van der Waals surface area contributed by atoms with Gasteiger partial charge in [-0.05, 0) is 42.5 Å². The number of nitrogens with two attached hydrogens (primary N) is 1. The third kappa shape index (κ3) is 4.54. The van der Waals surface area contributed by atoms with Crippen LogP contribution in [0.25, 0.3) is 5.70 Å². The molecular weight excluding hydrogens is 298 g/mol. The maximum absolute atomic E-state index is 5.58. The van der Waals surface area contributed by atoms with E-state index >= 15 is 0 Å². The van der Waals surface area contributed by atoms with Crippen LogP contribution in [0, 0.1) is 6.92 Å². The molecule has 0 saturated carbocycles. The smallest absolute Gasteiger partial charge is 0.0603 e. The Balaban J connectivity index is 1.97. The van der Waals surface area contributed by atoms with Crippen LogP contribution in [0.15, 0.2) is 37.2 Å². The first-order chi connectivity index (χ1) is 11.4. The zero-order valence-electron chi connectivity index (χ0n) is 15.1. The van der Waals surface area contributed by atoms with Crippen molar-refractivity contribution in [2.24, 2.45) is 0 Å². The summed E-state index contributed by atoms with van der Waals surface area (Å²) < 4.78 is 0. The summed E-state index contributed by atoms with van der Waals surface area (Å²) in [5.41, 5.74) is 5.64. The molecular formula is C19H29N5. The largest absolute Gasteiger partial charge is 0.383 e. The van der Waals surface area contributed by atoms with E-state index in [0.29, 0.717) is 12.0 Å². The summed E-state index contributed by atoms with van der Waals surface area (Å²) in [5.74, 6) is 6.10. The number of nitrogen functional groups attached to an aromatic ring is 1. The second-order valence-electron chi connectivity index (χ2n) is 6.54. The highest BCUT2D eigenvalue weighted by molar-refractivity contribution is 5.60. The first-order valence-corrected chi connectivity index (χ1v) is 8.50. The molecule has 24 heavy (non-hydrogen) atoms. The summed E-state index contributed by atoms with van der Waals surface area (Å²) in [4.78, 5) is 1.29. The van der Waals surface area contributed by atoms with Gasteiger partial charge in [-0.25, -0.2) is 0 Å². The minimum atomic E-state index is 0.317. The van der Waals surface area contributed by atoms with Crippen LogP contribution in [-0.2, 0) is 0 Å². The van der Waals surface area contributed by atoms with Crippen molar-refractivity contribution in [1.29, 1.82) is 0 Å². The second kappa shape index (κ2) is 7.90. The fourth-order valence-corrected chi connectivity index (χ4v) is 2.73. The van der Waals surface area contributed by atoms with E-state index in [1.807, 2.05) is 0 Å². The van der Waals surface area contributed by atoms with Crippen molar-refractivity contribution >= 4 is 11.4 Å².